The zero-order valence-electron chi connectivity index (χ0n) is 15.1. The number of nitro benzene ring substituents is 1. The molecule has 9 nitrogen and oxygen atoms in total. The molecule has 0 bridgehead atoms. The Balaban J connectivity index is 1.78. The minimum atomic E-state index is -0.910. The van der Waals surface area contributed by atoms with E-state index in [1.165, 1.54) is 26.5 Å². The molecule has 0 saturated carbocycles. The summed E-state index contributed by atoms with van der Waals surface area (Å²) < 4.78 is 20.8. The van der Waals surface area contributed by atoms with Crippen LogP contribution in [0.25, 0.3) is 11.3 Å². The van der Waals surface area contributed by atoms with E-state index in [0.717, 1.165) is 11.6 Å². The Labute approximate surface area is 159 Å². The third-order valence-electron chi connectivity index (χ3n) is 3.86. The summed E-state index contributed by atoms with van der Waals surface area (Å²) in [5, 5.41) is 11.3. The highest BCUT2D eigenvalue weighted by atomic mass is 16.6. The molecule has 0 aliphatic rings. The molecule has 9 heteroatoms. The first-order valence-corrected chi connectivity index (χ1v) is 8.11. The van der Waals surface area contributed by atoms with E-state index in [9.17, 15) is 14.9 Å². The van der Waals surface area contributed by atoms with Crippen LogP contribution in [0.5, 0.6) is 11.5 Å². The van der Waals surface area contributed by atoms with Gasteiger partial charge in [0, 0.05) is 11.6 Å². The molecule has 0 aliphatic heterocycles. The van der Waals surface area contributed by atoms with E-state index >= 15 is 0 Å². The van der Waals surface area contributed by atoms with E-state index in [0.29, 0.717) is 5.76 Å². The number of esters is 1. The lowest BCUT2D eigenvalue weighted by atomic mass is 10.1. The van der Waals surface area contributed by atoms with Crippen LogP contribution in [0.4, 0.5) is 5.69 Å². The summed E-state index contributed by atoms with van der Waals surface area (Å²) in [4.78, 5) is 27.1. The second kappa shape index (κ2) is 8.21. The Morgan fingerprint density at radius 1 is 1.14 bits per heavy atom. The number of carbonyl (C=O) groups excluding carboxylic acids is 1. The summed E-state index contributed by atoms with van der Waals surface area (Å²) in [5.74, 6) is 0.0692. The highest BCUT2D eigenvalue weighted by molar-refractivity contribution is 5.95. The second-order valence-electron chi connectivity index (χ2n) is 5.54. The number of aromatic nitrogens is 1. The molecule has 0 aliphatic carbocycles. The molecule has 0 N–H and O–H groups in total. The number of hydrogen-bond donors (Lipinski definition) is 0. The number of methoxy groups -OCH3 is 2. The average molecular weight is 384 g/mol. The van der Waals surface area contributed by atoms with E-state index in [4.69, 9.17) is 18.6 Å². The summed E-state index contributed by atoms with van der Waals surface area (Å²) in [6.45, 7) is -0.281. The molecule has 2 aromatic carbocycles. The molecule has 0 saturated heterocycles. The van der Waals surface area contributed by atoms with Gasteiger partial charge in [0.25, 0.3) is 5.69 Å². The predicted octanol–water partition coefficient (Wildman–Crippen LogP) is 3.62. The van der Waals surface area contributed by atoms with Gasteiger partial charge in [-0.2, -0.15) is 0 Å². The largest absolute Gasteiger partial charge is 0.493 e. The van der Waals surface area contributed by atoms with Crippen molar-refractivity contribution in [2.75, 3.05) is 14.2 Å². The lowest BCUT2D eigenvalue weighted by Crippen LogP contribution is -2.09. The van der Waals surface area contributed by atoms with Gasteiger partial charge in [-0.3, -0.25) is 10.1 Å². The van der Waals surface area contributed by atoms with Gasteiger partial charge in [0.2, 0.25) is 5.89 Å². The second-order valence-corrected chi connectivity index (χ2v) is 5.54. The third-order valence-corrected chi connectivity index (χ3v) is 3.86. The number of nitrogens with zero attached hydrogens (tertiary/aromatic N) is 2. The van der Waals surface area contributed by atoms with Crippen molar-refractivity contribution in [1.82, 2.24) is 4.98 Å². The minimum Gasteiger partial charge on any atom is -0.493 e. The Bertz CT molecular complexity index is 999. The van der Waals surface area contributed by atoms with Crippen molar-refractivity contribution < 1.29 is 28.3 Å². The van der Waals surface area contributed by atoms with E-state index in [2.05, 4.69) is 4.98 Å². The molecule has 3 aromatic rings. The average Bonchev–Trinajstić information content (AvgIpc) is 3.20. The first kappa shape index (κ1) is 18.9. The van der Waals surface area contributed by atoms with Gasteiger partial charge in [0.1, 0.15) is 5.56 Å². The van der Waals surface area contributed by atoms with Crippen LogP contribution in [-0.4, -0.2) is 30.1 Å². The maximum Gasteiger partial charge on any atom is 0.345 e. The zero-order valence-corrected chi connectivity index (χ0v) is 15.1. The molecule has 1 heterocycles. The Hall–Kier alpha value is -3.88. The molecule has 0 radical (unpaired) electrons. The number of ether oxygens (including phenoxy) is 3. The van der Waals surface area contributed by atoms with Gasteiger partial charge in [-0.15, -0.1) is 0 Å². The number of carbonyl (C=O) groups is 1. The topological polar surface area (TPSA) is 114 Å². The fourth-order valence-electron chi connectivity index (χ4n) is 2.50. The van der Waals surface area contributed by atoms with Crippen molar-refractivity contribution in [3.05, 3.63) is 70.2 Å². The van der Waals surface area contributed by atoms with Crippen molar-refractivity contribution in [1.29, 1.82) is 0 Å². The molecule has 0 spiro atoms. The molecule has 3 rings (SSSR count). The fourth-order valence-corrected chi connectivity index (χ4v) is 2.50. The normalized spacial score (nSPS) is 10.4. The van der Waals surface area contributed by atoms with Gasteiger partial charge in [-0.25, -0.2) is 9.78 Å². The van der Waals surface area contributed by atoms with Crippen LogP contribution in [0.3, 0.4) is 0 Å². The Morgan fingerprint density at radius 3 is 2.46 bits per heavy atom. The molecule has 0 unspecified atom stereocenters. The van der Waals surface area contributed by atoms with Crippen molar-refractivity contribution in [3.8, 4) is 22.8 Å². The molecular weight excluding hydrogens is 368 g/mol. The number of oxazole rings is 1. The summed E-state index contributed by atoms with van der Waals surface area (Å²) >= 11 is 0. The Kier molecular flexibility index (Phi) is 5.54. The van der Waals surface area contributed by atoms with Crippen LogP contribution < -0.4 is 9.47 Å². The Morgan fingerprint density at radius 2 is 1.82 bits per heavy atom. The maximum atomic E-state index is 12.4. The monoisotopic (exact) mass is 384 g/mol. The summed E-state index contributed by atoms with van der Waals surface area (Å²) in [6, 6.07) is 11.6. The van der Waals surface area contributed by atoms with Gasteiger partial charge in [0.15, 0.2) is 23.9 Å². The first-order chi connectivity index (χ1) is 13.5. The number of hydrogen-bond acceptors (Lipinski definition) is 8. The molecule has 1 aromatic heterocycles. The lowest BCUT2D eigenvalue weighted by Gasteiger charge is -2.10. The van der Waals surface area contributed by atoms with Crippen LogP contribution >= 0.6 is 0 Å². The van der Waals surface area contributed by atoms with Crippen molar-refractivity contribution in [2.24, 2.45) is 0 Å². The van der Waals surface area contributed by atoms with Crippen LogP contribution in [0, 0.1) is 10.1 Å². The number of benzene rings is 2. The molecule has 0 atom stereocenters. The van der Waals surface area contributed by atoms with Gasteiger partial charge >= 0.3 is 5.97 Å². The number of nitro groups is 1. The van der Waals surface area contributed by atoms with E-state index in [1.807, 2.05) is 30.3 Å². The van der Waals surface area contributed by atoms with Crippen LogP contribution in [-0.2, 0) is 11.3 Å². The summed E-state index contributed by atoms with van der Waals surface area (Å²) in [7, 11) is 2.70. The smallest absolute Gasteiger partial charge is 0.345 e. The van der Waals surface area contributed by atoms with Crippen LogP contribution in [0.2, 0.25) is 0 Å². The SMILES string of the molecule is COc1cc(C(=O)OCc2ncc(-c3ccccc3)o2)c([N+](=O)[O-])cc1OC. The molecule has 0 amide bonds. The number of rotatable bonds is 7. The van der Waals surface area contributed by atoms with Gasteiger partial charge in [-0.1, -0.05) is 30.3 Å². The van der Waals surface area contributed by atoms with Crippen molar-refractivity contribution in [2.45, 2.75) is 6.61 Å². The molecule has 28 heavy (non-hydrogen) atoms. The van der Waals surface area contributed by atoms with Crippen molar-refractivity contribution >= 4 is 11.7 Å². The third kappa shape index (κ3) is 3.93. The molecular formula is C19H16N2O7. The summed E-state index contributed by atoms with van der Waals surface area (Å²) in [5.41, 5.74) is 0.0978. The molecule has 0 fully saturated rings. The fraction of sp³-hybridized carbons (Fsp3) is 0.158. The lowest BCUT2D eigenvalue weighted by molar-refractivity contribution is -0.385. The van der Waals surface area contributed by atoms with Gasteiger partial charge in [-0.05, 0) is 0 Å². The van der Waals surface area contributed by atoms with E-state index in [1.54, 1.807) is 0 Å². The van der Waals surface area contributed by atoms with Crippen LogP contribution in [0.1, 0.15) is 16.2 Å². The molecule has 144 valence electrons. The highest BCUT2D eigenvalue weighted by Gasteiger charge is 2.26. The summed E-state index contributed by atoms with van der Waals surface area (Å²) in [6.07, 6.45) is 1.51. The van der Waals surface area contributed by atoms with Crippen molar-refractivity contribution in [3.63, 3.8) is 0 Å². The predicted molar refractivity (Wildman–Crippen MR) is 97.3 cm³/mol. The maximum absolute atomic E-state index is 12.4. The van der Waals surface area contributed by atoms with Gasteiger partial charge < -0.3 is 18.6 Å². The highest BCUT2D eigenvalue weighted by Crippen LogP contribution is 2.35. The van der Waals surface area contributed by atoms with Gasteiger partial charge in [0.05, 0.1) is 31.4 Å². The quantitative estimate of drug-likeness (QED) is 0.345. The van der Waals surface area contributed by atoms with E-state index in [-0.39, 0.29) is 29.6 Å². The minimum absolute atomic E-state index is 0.131. The zero-order chi connectivity index (χ0) is 20.1. The standard InChI is InChI=1S/C19H16N2O7/c1-25-15-8-13(14(21(23)24)9-16(15)26-2)19(22)27-11-18-20-10-17(28-18)12-6-4-3-5-7-12/h3-10H,11H2,1-2H3. The van der Waals surface area contributed by atoms with E-state index < -0.39 is 16.6 Å². The first-order valence-electron chi connectivity index (χ1n) is 8.11. The van der Waals surface area contributed by atoms with Crippen LogP contribution in [0.15, 0.2) is 53.1 Å².